The Balaban J connectivity index is 1.82. The van der Waals surface area contributed by atoms with Gasteiger partial charge in [0.25, 0.3) is 11.8 Å². The summed E-state index contributed by atoms with van der Waals surface area (Å²) in [6.07, 6.45) is 0. The number of alkyl halides is 1. The Morgan fingerprint density at radius 2 is 1.69 bits per heavy atom. The fraction of sp³-hybridized carbons (Fsp3) is 0.172. The molecule has 0 unspecified atom stereocenters. The SMILES string of the molecule is CC(=O)N1C(=O)/C(=C(/Nc2ccc(C(=O)N(C)OCCBr)cc2)c2ccccc2)c2cc(C)c(C(=O)O)cc21. The minimum absolute atomic E-state index is 0.00797. The van der Waals surface area contributed by atoms with E-state index >= 15 is 0 Å². The van der Waals surface area contributed by atoms with Crippen LogP contribution in [0.15, 0.2) is 66.7 Å². The number of hydrogen-bond acceptors (Lipinski definition) is 6. The summed E-state index contributed by atoms with van der Waals surface area (Å²) in [5.74, 6) is -2.56. The standard InChI is InChI=1S/C29H26BrN3O6/c1-17-15-23-24(16-22(17)29(37)38)33(18(2)34)28(36)25(23)26(19-7-5-4-6-8-19)31-21-11-9-20(10-12-21)27(35)32(3)39-14-13-30/h4-12,15-16,31H,13-14H2,1-3H3,(H,37,38)/b26-25+. The lowest BCUT2D eigenvalue weighted by Gasteiger charge is -2.17. The van der Waals surface area contributed by atoms with Gasteiger partial charge in [-0.2, -0.15) is 0 Å². The number of aryl methyl sites for hydroxylation is 1. The number of benzene rings is 3. The van der Waals surface area contributed by atoms with E-state index in [9.17, 15) is 24.3 Å². The van der Waals surface area contributed by atoms with Crippen LogP contribution < -0.4 is 10.2 Å². The van der Waals surface area contributed by atoms with Crippen molar-refractivity contribution >= 4 is 62.3 Å². The van der Waals surface area contributed by atoms with Crippen LogP contribution in [0.1, 0.15) is 44.3 Å². The molecule has 3 aromatic rings. The average molecular weight is 592 g/mol. The molecule has 0 saturated heterocycles. The van der Waals surface area contributed by atoms with Crippen molar-refractivity contribution in [1.82, 2.24) is 5.06 Å². The molecule has 0 bridgehead atoms. The molecule has 0 aromatic heterocycles. The van der Waals surface area contributed by atoms with Crippen LogP contribution in [0.4, 0.5) is 11.4 Å². The zero-order valence-electron chi connectivity index (χ0n) is 21.5. The van der Waals surface area contributed by atoms with Crippen molar-refractivity contribution in [3.63, 3.8) is 0 Å². The van der Waals surface area contributed by atoms with Gasteiger partial charge in [0.2, 0.25) is 5.91 Å². The van der Waals surface area contributed by atoms with E-state index in [1.807, 2.05) is 30.3 Å². The third-order valence-corrected chi connectivity index (χ3v) is 6.50. The van der Waals surface area contributed by atoms with Gasteiger partial charge in [-0.3, -0.25) is 19.2 Å². The highest BCUT2D eigenvalue weighted by Gasteiger charge is 2.38. The molecule has 1 aliphatic heterocycles. The number of imide groups is 1. The van der Waals surface area contributed by atoms with E-state index in [-0.39, 0.29) is 22.7 Å². The molecule has 9 nitrogen and oxygen atoms in total. The van der Waals surface area contributed by atoms with Crippen LogP contribution in [0.25, 0.3) is 11.3 Å². The molecule has 1 heterocycles. The molecule has 39 heavy (non-hydrogen) atoms. The molecule has 200 valence electrons. The lowest BCUT2D eigenvalue weighted by atomic mass is 9.96. The first kappa shape index (κ1) is 27.7. The highest BCUT2D eigenvalue weighted by atomic mass is 79.9. The quantitative estimate of drug-likeness (QED) is 0.216. The van der Waals surface area contributed by atoms with E-state index in [0.717, 1.165) is 4.90 Å². The number of carbonyl (C=O) groups is 4. The first-order chi connectivity index (χ1) is 18.6. The fourth-order valence-electron chi connectivity index (χ4n) is 4.34. The maximum Gasteiger partial charge on any atom is 0.336 e. The maximum atomic E-state index is 13.7. The van der Waals surface area contributed by atoms with Gasteiger partial charge in [-0.1, -0.05) is 46.3 Å². The number of nitrogens with zero attached hydrogens (tertiary/aromatic N) is 2. The van der Waals surface area contributed by atoms with E-state index in [2.05, 4.69) is 21.2 Å². The molecule has 0 radical (unpaired) electrons. The number of carbonyl (C=O) groups excluding carboxylic acids is 3. The summed E-state index contributed by atoms with van der Waals surface area (Å²) in [5, 5.41) is 14.7. The van der Waals surface area contributed by atoms with Gasteiger partial charge in [0.15, 0.2) is 0 Å². The number of nitrogens with one attached hydrogen (secondary N) is 1. The van der Waals surface area contributed by atoms with E-state index < -0.39 is 17.8 Å². The smallest absolute Gasteiger partial charge is 0.336 e. The summed E-state index contributed by atoms with van der Waals surface area (Å²) < 4.78 is 0. The largest absolute Gasteiger partial charge is 0.478 e. The second kappa shape index (κ2) is 11.6. The number of anilines is 2. The lowest BCUT2D eigenvalue weighted by molar-refractivity contribution is -0.122. The first-order valence-electron chi connectivity index (χ1n) is 12.0. The number of halogens is 1. The molecule has 0 saturated carbocycles. The topological polar surface area (TPSA) is 116 Å². The molecule has 3 aromatic carbocycles. The number of aromatic carboxylic acids is 1. The number of amides is 3. The van der Waals surface area contributed by atoms with Crippen LogP contribution >= 0.6 is 15.9 Å². The normalized spacial score (nSPS) is 13.6. The van der Waals surface area contributed by atoms with Crippen LogP contribution in [0, 0.1) is 6.92 Å². The number of hydrogen-bond donors (Lipinski definition) is 2. The van der Waals surface area contributed by atoms with Gasteiger partial charge in [0.1, 0.15) is 0 Å². The van der Waals surface area contributed by atoms with Crippen LogP contribution in [0.2, 0.25) is 0 Å². The van der Waals surface area contributed by atoms with Gasteiger partial charge in [0.05, 0.1) is 29.1 Å². The average Bonchev–Trinajstić information content (AvgIpc) is 3.20. The molecule has 2 N–H and O–H groups in total. The van der Waals surface area contributed by atoms with Crippen molar-refractivity contribution in [3.8, 4) is 0 Å². The molecule has 0 fully saturated rings. The lowest BCUT2D eigenvalue weighted by Crippen LogP contribution is -2.31. The van der Waals surface area contributed by atoms with E-state index in [1.165, 1.54) is 25.1 Å². The van der Waals surface area contributed by atoms with Crippen molar-refractivity contribution in [1.29, 1.82) is 0 Å². The molecular weight excluding hydrogens is 566 g/mol. The maximum absolute atomic E-state index is 13.7. The monoisotopic (exact) mass is 591 g/mol. The van der Waals surface area contributed by atoms with Gasteiger partial charge in [0, 0.05) is 36.1 Å². The second-order valence-electron chi connectivity index (χ2n) is 8.79. The summed E-state index contributed by atoms with van der Waals surface area (Å²) in [5.41, 5.74) is 3.48. The fourth-order valence-corrected chi connectivity index (χ4v) is 4.48. The van der Waals surface area contributed by atoms with E-state index in [1.54, 1.807) is 37.3 Å². The Morgan fingerprint density at radius 3 is 2.28 bits per heavy atom. The predicted octanol–water partition coefficient (Wildman–Crippen LogP) is 4.97. The van der Waals surface area contributed by atoms with Crippen molar-refractivity contribution in [2.45, 2.75) is 13.8 Å². The summed E-state index contributed by atoms with van der Waals surface area (Å²) in [6, 6.07) is 18.8. The van der Waals surface area contributed by atoms with Crippen LogP contribution in [-0.2, 0) is 14.4 Å². The molecule has 10 heteroatoms. The molecule has 0 atom stereocenters. The zero-order valence-corrected chi connectivity index (χ0v) is 23.1. The van der Waals surface area contributed by atoms with Crippen LogP contribution in [0.5, 0.6) is 0 Å². The van der Waals surface area contributed by atoms with Gasteiger partial charge < -0.3 is 10.4 Å². The van der Waals surface area contributed by atoms with Crippen LogP contribution in [0.3, 0.4) is 0 Å². The van der Waals surface area contributed by atoms with Gasteiger partial charge in [-0.05, 0) is 54.4 Å². The second-order valence-corrected chi connectivity index (χ2v) is 9.59. The molecule has 0 spiro atoms. The number of carboxylic acids is 1. The van der Waals surface area contributed by atoms with Gasteiger partial charge in [-0.15, -0.1) is 0 Å². The number of fused-ring (bicyclic) bond motifs is 1. The van der Waals surface area contributed by atoms with Crippen molar-refractivity contribution in [2.24, 2.45) is 0 Å². The summed E-state index contributed by atoms with van der Waals surface area (Å²) in [6.45, 7) is 3.25. The Hall–Kier alpha value is -4.28. The minimum atomic E-state index is -1.15. The molecule has 3 amide bonds. The first-order valence-corrected chi connectivity index (χ1v) is 13.1. The highest BCUT2D eigenvalue weighted by molar-refractivity contribution is 9.09. The number of rotatable bonds is 8. The third kappa shape index (κ3) is 5.62. The Kier molecular flexibility index (Phi) is 8.27. The molecular formula is C29H26BrN3O6. The van der Waals surface area contributed by atoms with Crippen molar-refractivity contribution < 1.29 is 29.1 Å². The third-order valence-electron chi connectivity index (χ3n) is 6.18. The van der Waals surface area contributed by atoms with Gasteiger partial charge in [-0.25, -0.2) is 14.8 Å². The Labute approximate surface area is 233 Å². The van der Waals surface area contributed by atoms with Crippen LogP contribution in [-0.4, -0.2) is 52.8 Å². The summed E-state index contributed by atoms with van der Waals surface area (Å²) >= 11 is 3.26. The summed E-state index contributed by atoms with van der Waals surface area (Å²) in [7, 11) is 1.54. The van der Waals surface area contributed by atoms with Crippen molar-refractivity contribution in [3.05, 3.63) is 94.5 Å². The Bertz CT molecular complexity index is 1480. The van der Waals surface area contributed by atoms with Gasteiger partial charge >= 0.3 is 5.97 Å². The zero-order chi connectivity index (χ0) is 28.3. The predicted molar refractivity (Wildman–Crippen MR) is 151 cm³/mol. The van der Waals surface area contributed by atoms with E-state index in [4.69, 9.17) is 4.84 Å². The molecule has 1 aliphatic rings. The molecule has 4 rings (SSSR count). The number of carboxylic acid groups (broad SMARTS) is 1. The Morgan fingerprint density at radius 1 is 1.03 bits per heavy atom. The molecule has 0 aliphatic carbocycles. The number of hydroxylamine groups is 2. The summed E-state index contributed by atoms with van der Waals surface area (Å²) in [4.78, 5) is 57.0. The highest BCUT2D eigenvalue weighted by Crippen LogP contribution is 2.42. The van der Waals surface area contributed by atoms with E-state index in [0.29, 0.717) is 45.6 Å². The van der Waals surface area contributed by atoms with Crippen molar-refractivity contribution in [2.75, 3.05) is 29.2 Å². The minimum Gasteiger partial charge on any atom is -0.478 e.